The molecule has 1 aliphatic rings. The number of halogens is 3. The van der Waals surface area contributed by atoms with Crippen LogP contribution in [0.5, 0.6) is 0 Å². The zero-order valence-corrected chi connectivity index (χ0v) is 12.7. The van der Waals surface area contributed by atoms with E-state index in [4.69, 9.17) is 9.52 Å². The molecule has 0 radical (unpaired) electrons. The SMILES string of the molecule is CCc1oc(C(=O)N(CC2CCC2)CC(F)(F)F)cc1C(=O)O. The fourth-order valence-electron chi connectivity index (χ4n) is 2.56. The van der Waals surface area contributed by atoms with E-state index in [1.165, 1.54) is 0 Å². The maximum atomic E-state index is 12.7. The molecule has 0 aromatic carbocycles. The van der Waals surface area contributed by atoms with Crippen LogP contribution in [0.25, 0.3) is 0 Å². The highest BCUT2D eigenvalue weighted by atomic mass is 19.4. The average Bonchev–Trinajstić information content (AvgIpc) is 2.83. The zero-order valence-electron chi connectivity index (χ0n) is 12.7. The van der Waals surface area contributed by atoms with Gasteiger partial charge in [-0.3, -0.25) is 4.79 Å². The minimum absolute atomic E-state index is 0.00288. The highest BCUT2D eigenvalue weighted by Crippen LogP contribution is 2.29. The molecular weight excluding hydrogens is 315 g/mol. The van der Waals surface area contributed by atoms with Gasteiger partial charge in [-0.25, -0.2) is 4.79 Å². The molecule has 1 aromatic rings. The summed E-state index contributed by atoms with van der Waals surface area (Å²) < 4.78 is 43.3. The van der Waals surface area contributed by atoms with Gasteiger partial charge in [0.15, 0.2) is 5.76 Å². The third-order valence-corrected chi connectivity index (χ3v) is 3.93. The van der Waals surface area contributed by atoms with E-state index in [0.29, 0.717) is 4.90 Å². The second-order valence-corrected chi connectivity index (χ2v) is 5.70. The van der Waals surface area contributed by atoms with Crippen LogP contribution in [-0.2, 0) is 6.42 Å². The Bertz CT molecular complexity index is 590. The summed E-state index contributed by atoms with van der Waals surface area (Å²) in [7, 11) is 0. The van der Waals surface area contributed by atoms with Crippen LogP contribution in [0, 0.1) is 5.92 Å². The van der Waals surface area contributed by atoms with Gasteiger partial charge >= 0.3 is 12.1 Å². The van der Waals surface area contributed by atoms with Gasteiger partial charge in [0.25, 0.3) is 5.91 Å². The standard InChI is InChI=1S/C15H18F3NO4/c1-2-11-10(14(21)22)6-12(23-11)13(20)19(8-15(16,17)18)7-9-4-3-5-9/h6,9H,2-5,7-8H2,1H3,(H,21,22). The van der Waals surface area contributed by atoms with E-state index in [2.05, 4.69) is 0 Å². The molecule has 1 heterocycles. The second kappa shape index (κ2) is 6.64. The van der Waals surface area contributed by atoms with E-state index < -0.39 is 24.6 Å². The molecule has 1 fully saturated rings. The van der Waals surface area contributed by atoms with Crippen molar-refractivity contribution in [1.29, 1.82) is 0 Å². The Labute approximate surface area is 131 Å². The van der Waals surface area contributed by atoms with E-state index in [0.717, 1.165) is 25.3 Å². The minimum Gasteiger partial charge on any atom is -0.478 e. The van der Waals surface area contributed by atoms with E-state index in [1.54, 1.807) is 6.92 Å². The molecule has 5 nitrogen and oxygen atoms in total. The van der Waals surface area contributed by atoms with Crippen LogP contribution in [0.3, 0.4) is 0 Å². The summed E-state index contributed by atoms with van der Waals surface area (Å²) in [6, 6.07) is 1.01. The topological polar surface area (TPSA) is 70.8 Å². The number of carbonyl (C=O) groups excluding carboxylic acids is 1. The maximum absolute atomic E-state index is 12.7. The summed E-state index contributed by atoms with van der Waals surface area (Å²) in [5, 5.41) is 9.04. The van der Waals surface area contributed by atoms with E-state index in [9.17, 15) is 22.8 Å². The van der Waals surface area contributed by atoms with Gasteiger partial charge in [0.1, 0.15) is 17.9 Å². The molecule has 0 saturated heterocycles. The van der Waals surface area contributed by atoms with Crippen molar-refractivity contribution in [2.24, 2.45) is 5.92 Å². The van der Waals surface area contributed by atoms with Crippen LogP contribution in [-0.4, -0.2) is 41.1 Å². The van der Waals surface area contributed by atoms with Crippen LogP contribution in [0.4, 0.5) is 13.2 Å². The third kappa shape index (κ3) is 4.27. The molecule has 23 heavy (non-hydrogen) atoms. The Hall–Kier alpha value is -1.99. The predicted molar refractivity (Wildman–Crippen MR) is 74.3 cm³/mol. The van der Waals surface area contributed by atoms with Crippen LogP contribution < -0.4 is 0 Å². The molecule has 128 valence electrons. The molecule has 0 bridgehead atoms. The van der Waals surface area contributed by atoms with Gasteiger partial charge in [-0.15, -0.1) is 0 Å². The number of amides is 1. The fraction of sp³-hybridized carbons (Fsp3) is 0.600. The highest BCUT2D eigenvalue weighted by Gasteiger charge is 2.36. The van der Waals surface area contributed by atoms with Crippen molar-refractivity contribution < 1.29 is 32.3 Å². The Morgan fingerprint density at radius 1 is 1.39 bits per heavy atom. The van der Waals surface area contributed by atoms with Gasteiger partial charge in [-0.1, -0.05) is 13.3 Å². The molecule has 2 rings (SSSR count). The lowest BCUT2D eigenvalue weighted by Gasteiger charge is -2.32. The molecular formula is C15H18F3NO4. The molecule has 1 aliphatic carbocycles. The Morgan fingerprint density at radius 2 is 2.04 bits per heavy atom. The molecule has 1 N–H and O–H groups in total. The normalized spacial score (nSPS) is 15.3. The van der Waals surface area contributed by atoms with E-state index in [1.807, 2.05) is 0 Å². The quantitative estimate of drug-likeness (QED) is 0.867. The Kier molecular flexibility index (Phi) is 5.01. The number of carboxylic acids is 1. The maximum Gasteiger partial charge on any atom is 0.406 e. The Morgan fingerprint density at radius 3 is 2.43 bits per heavy atom. The van der Waals surface area contributed by atoms with Crippen molar-refractivity contribution in [3.05, 3.63) is 23.2 Å². The molecule has 1 saturated carbocycles. The summed E-state index contributed by atoms with van der Waals surface area (Å²) in [6.07, 6.45) is -1.75. The van der Waals surface area contributed by atoms with E-state index in [-0.39, 0.29) is 36.0 Å². The summed E-state index contributed by atoms with van der Waals surface area (Å²) >= 11 is 0. The number of aryl methyl sites for hydroxylation is 1. The fourth-order valence-corrected chi connectivity index (χ4v) is 2.56. The van der Waals surface area contributed by atoms with Gasteiger partial charge in [-0.05, 0) is 18.8 Å². The number of nitrogens with zero attached hydrogens (tertiary/aromatic N) is 1. The molecule has 1 amide bonds. The first-order valence-corrected chi connectivity index (χ1v) is 7.43. The number of alkyl halides is 3. The lowest BCUT2D eigenvalue weighted by molar-refractivity contribution is -0.142. The molecule has 0 aliphatic heterocycles. The smallest absolute Gasteiger partial charge is 0.406 e. The van der Waals surface area contributed by atoms with Crippen molar-refractivity contribution in [2.75, 3.05) is 13.1 Å². The third-order valence-electron chi connectivity index (χ3n) is 3.93. The van der Waals surface area contributed by atoms with Crippen LogP contribution in [0.1, 0.15) is 52.9 Å². The molecule has 8 heteroatoms. The summed E-state index contributed by atoms with van der Waals surface area (Å²) in [4.78, 5) is 24.1. The first-order valence-electron chi connectivity index (χ1n) is 7.43. The molecule has 0 atom stereocenters. The van der Waals surface area contributed by atoms with Gasteiger partial charge in [0, 0.05) is 19.0 Å². The van der Waals surface area contributed by atoms with Gasteiger partial charge < -0.3 is 14.4 Å². The minimum atomic E-state index is -4.52. The van der Waals surface area contributed by atoms with Gasteiger partial charge in [0.2, 0.25) is 0 Å². The van der Waals surface area contributed by atoms with Crippen LogP contribution >= 0.6 is 0 Å². The average molecular weight is 333 g/mol. The second-order valence-electron chi connectivity index (χ2n) is 5.70. The summed E-state index contributed by atoms with van der Waals surface area (Å²) in [5.41, 5.74) is -0.188. The molecule has 1 aromatic heterocycles. The first-order chi connectivity index (χ1) is 10.7. The zero-order chi connectivity index (χ0) is 17.2. The monoisotopic (exact) mass is 333 g/mol. The van der Waals surface area contributed by atoms with Crippen molar-refractivity contribution in [3.63, 3.8) is 0 Å². The predicted octanol–water partition coefficient (Wildman–Crippen LogP) is 3.34. The number of hydrogen-bond acceptors (Lipinski definition) is 3. The van der Waals surface area contributed by atoms with Crippen LogP contribution in [0.2, 0.25) is 0 Å². The highest BCUT2D eigenvalue weighted by molar-refractivity contribution is 5.96. The van der Waals surface area contributed by atoms with Gasteiger partial charge in [-0.2, -0.15) is 13.2 Å². The van der Waals surface area contributed by atoms with Crippen molar-refractivity contribution >= 4 is 11.9 Å². The van der Waals surface area contributed by atoms with Gasteiger partial charge in [0.05, 0.1) is 0 Å². The lowest BCUT2D eigenvalue weighted by atomic mass is 9.85. The number of hydrogen-bond donors (Lipinski definition) is 1. The number of carbonyl (C=O) groups is 2. The number of aromatic carboxylic acids is 1. The Balaban J connectivity index is 2.23. The molecule has 0 unspecified atom stereocenters. The lowest BCUT2D eigenvalue weighted by Crippen LogP contribution is -2.42. The molecule has 0 spiro atoms. The number of carboxylic acid groups (broad SMARTS) is 1. The number of furan rings is 1. The van der Waals surface area contributed by atoms with Crippen molar-refractivity contribution in [3.8, 4) is 0 Å². The summed E-state index contributed by atoms with van der Waals surface area (Å²) in [6.45, 7) is 0.275. The van der Waals surface area contributed by atoms with Crippen molar-refractivity contribution in [2.45, 2.75) is 38.8 Å². The number of rotatable bonds is 6. The van der Waals surface area contributed by atoms with Crippen molar-refractivity contribution in [1.82, 2.24) is 4.90 Å². The largest absolute Gasteiger partial charge is 0.478 e. The first kappa shape index (κ1) is 17.4. The summed E-state index contributed by atoms with van der Waals surface area (Å²) in [5.74, 6) is -2.41. The van der Waals surface area contributed by atoms with Crippen LogP contribution in [0.15, 0.2) is 10.5 Å². The van der Waals surface area contributed by atoms with E-state index >= 15 is 0 Å².